The number of aryl methyl sites for hydroxylation is 1. The van der Waals surface area contributed by atoms with Crippen molar-refractivity contribution < 1.29 is 9.21 Å². The molecule has 2 aromatic rings. The number of rotatable bonds is 4. The lowest BCUT2D eigenvalue weighted by molar-refractivity contribution is -0.122. The number of benzene rings is 1. The first-order chi connectivity index (χ1) is 11.2. The summed E-state index contributed by atoms with van der Waals surface area (Å²) in [6.07, 6.45) is 5.50. The molecule has 0 saturated carbocycles. The highest BCUT2D eigenvalue weighted by Crippen LogP contribution is 2.32. The van der Waals surface area contributed by atoms with E-state index in [4.69, 9.17) is 4.42 Å². The van der Waals surface area contributed by atoms with Crippen LogP contribution in [0.2, 0.25) is 0 Å². The molecule has 4 rings (SSSR count). The van der Waals surface area contributed by atoms with E-state index in [-0.39, 0.29) is 5.91 Å². The van der Waals surface area contributed by atoms with Gasteiger partial charge in [-0.05, 0) is 44.6 Å². The fourth-order valence-electron chi connectivity index (χ4n) is 4.25. The Bertz CT molecular complexity index is 709. The van der Waals surface area contributed by atoms with Gasteiger partial charge in [0.1, 0.15) is 11.3 Å². The summed E-state index contributed by atoms with van der Waals surface area (Å²) in [4.78, 5) is 12.3. The average Bonchev–Trinajstić information content (AvgIpc) is 3.05. The first-order valence-electron chi connectivity index (χ1n) is 8.69. The average molecular weight is 312 g/mol. The van der Waals surface area contributed by atoms with Crippen LogP contribution in [0.15, 0.2) is 28.7 Å². The molecule has 2 unspecified atom stereocenters. The van der Waals surface area contributed by atoms with Crippen molar-refractivity contribution in [1.82, 2.24) is 10.6 Å². The van der Waals surface area contributed by atoms with Crippen molar-refractivity contribution in [2.75, 3.05) is 0 Å². The lowest BCUT2D eigenvalue weighted by atomic mass is 9.89. The molecule has 0 radical (unpaired) electrons. The zero-order chi connectivity index (χ0) is 15.8. The van der Waals surface area contributed by atoms with Crippen LogP contribution in [0, 0.1) is 12.8 Å². The molecule has 122 valence electrons. The Morgan fingerprint density at radius 2 is 2.00 bits per heavy atom. The van der Waals surface area contributed by atoms with E-state index in [0.29, 0.717) is 31.0 Å². The normalized spacial score (nSPS) is 26.6. The fraction of sp³-hybridized carbons (Fsp3) is 0.526. The Morgan fingerprint density at radius 3 is 2.74 bits per heavy atom. The van der Waals surface area contributed by atoms with E-state index >= 15 is 0 Å². The summed E-state index contributed by atoms with van der Waals surface area (Å²) < 4.78 is 5.86. The lowest BCUT2D eigenvalue weighted by Gasteiger charge is -2.28. The molecule has 2 aliphatic heterocycles. The Balaban J connectivity index is 1.35. The largest absolute Gasteiger partial charge is 0.459 e. The number of carbonyl (C=O) groups excluding carboxylic acids is 1. The topological polar surface area (TPSA) is 54.3 Å². The van der Waals surface area contributed by atoms with Crippen molar-refractivity contribution in [3.05, 3.63) is 35.6 Å². The summed E-state index contributed by atoms with van der Waals surface area (Å²) in [5, 5.41) is 7.80. The highest BCUT2D eigenvalue weighted by Gasteiger charge is 2.34. The molecule has 1 aromatic heterocycles. The van der Waals surface area contributed by atoms with Crippen LogP contribution in [0.1, 0.15) is 43.4 Å². The van der Waals surface area contributed by atoms with E-state index in [1.54, 1.807) is 0 Å². The van der Waals surface area contributed by atoms with Crippen molar-refractivity contribution in [3.8, 4) is 0 Å². The maximum Gasteiger partial charge on any atom is 0.220 e. The first-order valence-corrected chi connectivity index (χ1v) is 8.69. The molecule has 2 aliphatic rings. The second-order valence-corrected chi connectivity index (χ2v) is 7.10. The van der Waals surface area contributed by atoms with Crippen molar-refractivity contribution in [1.29, 1.82) is 0 Å². The standard InChI is InChI=1S/C19H24N2O2/c1-12-16-4-2-3-5-17(16)23-18(12)11-20-19(22)10-13-8-14-6-7-15(9-13)21-14/h2-5,13-15,21H,6-11H2,1H3,(H,20,22). The van der Waals surface area contributed by atoms with Gasteiger partial charge in [-0.1, -0.05) is 18.2 Å². The van der Waals surface area contributed by atoms with Crippen LogP contribution >= 0.6 is 0 Å². The smallest absolute Gasteiger partial charge is 0.220 e. The predicted octanol–water partition coefficient (Wildman–Crippen LogP) is 3.28. The van der Waals surface area contributed by atoms with Crippen LogP contribution in [0.3, 0.4) is 0 Å². The number of nitrogens with one attached hydrogen (secondary N) is 2. The second kappa shape index (κ2) is 6.00. The number of hydrogen-bond donors (Lipinski definition) is 2. The van der Waals surface area contributed by atoms with Gasteiger partial charge in [0, 0.05) is 29.5 Å². The van der Waals surface area contributed by atoms with Gasteiger partial charge in [-0.25, -0.2) is 0 Å². The summed E-state index contributed by atoms with van der Waals surface area (Å²) in [6, 6.07) is 9.30. The van der Waals surface area contributed by atoms with Crippen LogP contribution in [-0.2, 0) is 11.3 Å². The Morgan fingerprint density at radius 1 is 1.26 bits per heavy atom. The molecule has 1 amide bonds. The van der Waals surface area contributed by atoms with Gasteiger partial charge in [-0.15, -0.1) is 0 Å². The van der Waals surface area contributed by atoms with E-state index in [1.807, 2.05) is 18.2 Å². The van der Waals surface area contributed by atoms with Gasteiger partial charge in [0.05, 0.1) is 6.54 Å². The van der Waals surface area contributed by atoms with Crippen LogP contribution < -0.4 is 10.6 Å². The molecule has 0 aliphatic carbocycles. The minimum atomic E-state index is 0.149. The van der Waals surface area contributed by atoms with Gasteiger partial charge in [0.15, 0.2) is 0 Å². The molecule has 4 heteroatoms. The third-order valence-corrected chi connectivity index (χ3v) is 5.43. The number of piperidine rings is 1. The van der Waals surface area contributed by atoms with Crippen LogP contribution in [0.5, 0.6) is 0 Å². The van der Waals surface area contributed by atoms with Gasteiger partial charge in [-0.2, -0.15) is 0 Å². The van der Waals surface area contributed by atoms with Gasteiger partial charge >= 0.3 is 0 Å². The Hall–Kier alpha value is -1.81. The number of para-hydroxylation sites is 1. The summed E-state index contributed by atoms with van der Waals surface area (Å²) in [5.41, 5.74) is 2.02. The van der Waals surface area contributed by atoms with Crippen molar-refractivity contribution in [2.45, 2.75) is 57.7 Å². The summed E-state index contributed by atoms with van der Waals surface area (Å²) in [6.45, 7) is 2.54. The SMILES string of the molecule is Cc1c(CNC(=O)CC2CC3CCC(C2)N3)oc2ccccc12. The van der Waals surface area contributed by atoms with Gasteiger partial charge in [0.2, 0.25) is 5.91 Å². The Kier molecular flexibility index (Phi) is 3.85. The summed E-state index contributed by atoms with van der Waals surface area (Å²) in [5.74, 6) is 1.55. The van der Waals surface area contributed by atoms with Crippen molar-refractivity contribution in [2.24, 2.45) is 5.92 Å². The first kappa shape index (κ1) is 14.8. The molecule has 4 nitrogen and oxygen atoms in total. The Labute approximate surface area is 136 Å². The third-order valence-electron chi connectivity index (χ3n) is 5.43. The van der Waals surface area contributed by atoms with E-state index in [2.05, 4.69) is 23.6 Å². The van der Waals surface area contributed by atoms with Gasteiger partial charge in [0.25, 0.3) is 0 Å². The van der Waals surface area contributed by atoms with E-state index in [1.165, 1.54) is 12.8 Å². The quantitative estimate of drug-likeness (QED) is 0.911. The lowest BCUT2D eigenvalue weighted by Crippen LogP contribution is -2.39. The third kappa shape index (κ3) is 3.00. The molecule has 2 saturated heterocycles. The molecule has 2 bridgehead atoms. The van der Waals surface area contributed by atoms with E-state index in [0.717, 1.165) is 35.1 Å². The predicted molar refractivity (Wildman–Crippen MR) is 90.1 cm³/mol. The van der Waals surface area contributed by atoms with Gasteiger partial charge in [-0.3, -0.25) is 4.79 Å². The zero-order valence-corrected chi connectivity index (χ0v) is 13.6. The number of hydrogen-bond acceptors (Lipinski definition) is 3. The number of furan rings is 1. The van der Waals surface area contributed by atoms with Crippen molar-refractivity contribution >= 4 is 16.9 Å². The molecule has 3 heterocycles. The minimum Gasteiger partial charge on any atom is -0.459 e. The molecule has 2 atom stereocenters. The number of amides is 1. The molecule has 2 N–H and O–H groups in total. The van der Waals surface area contributed by atoms with Crippen LogP contribution in [0.4, 0.5) is 0 Å². The highest BCUT2D eigenvalue weighted by atomic mass is 16.3. The monoisotopic (exact) mass is 312 g/mol. The number of fused-ring (bicyclic) bond motifs is 3. The fourth-order valence-corrected chi connectivity index (χ4v) is 4.25. The number of carbonyl (C=O) groups is 1. The van der Waals surface area contributed by atoms with E-state index in [9.17, 15) is 4.79 Å². The maximum atomic E-state index is 12.3. The molecular formula is C19H24N2O2. The molecule has 23 heavy (non-hydrogen) atoms. The minimum absolute atomic E-state index is 0.149. The molecular weight excluding hydrogens is 288 g/mol. The van der Waals surface area contributed by atoms with E-state index < -0.39 is 0 Å². The summed E-state index contributed by atoms with van der Waals surface area (Å²) in [7, 11) is 0. The second-order valence-electron chi connectivity index (χ2n) is 7.10. The molecule has 0 spiro atoms. The van der Waals surface area contributed by atoms with Crippen LogP contribution in [-0.4, -0.2) is 18.0 Å². The molecule has 1 aromatic carbocycles. The maximum absolute atomic E-state index is 12.3. The summed E-state index contributed by atoms with van der Waals surface area (Å²) >= 11 is 0. The highest BCUT2D eigenvalue weighted by molar-refractivity contribution is 5.82. The van der Waals surface area contributed by atoms with Gasteiger partial charge < -0.3 is 15.1 Å². The van der Waals surface area contributed by atoms with Crippen molar-refractivity contribution in [3.63, 3.8) is 0 Å². The molecule has 2 fully saturated rings. The van der Waals surface area contributed by atoms with Crippen LogP contribution in [0.25, 0.3) is 11.0 Å². The zero-order valence-electron chi connectivity index (χ0n) is 13.6.